The summed E-state index contributed by atoms with van der Waals surface area (Å²) < 4.78 is 5.56. The molecule has 1 unspecified atom stereocenters. The third-order valence-electron chi connectivity index (χ3n) is 3.40. The summed E-state index contributed by atoms with van der Waals surface area (Å²) in [6, 6.07) is 7.18. The number of nitrogens with one attached hydrogen (secondary N) is 2. The zero-order valence-corrected chi connectivity index (χ0v) is 14.1. The number of hydrogen-bond donors (Lipinski definition) is 3. The fraction of sp³-hybridized carbons (Fsp3) is 0.250. The number of anilines is 2. The Morgan fingerprint density at radius 3 is 2.96 bits per heavy atom. The van der Waals surface area contributed by atoms with Crippen LogP contribution in [0.25, 0.3) is 11.1 Å². The number of aromatic nitrogens is 1. The minimum absolute atomic E-state index is 0.138. The van der Waals surface area contributed by atoms with Crippen LogP contribution in [0, 0.1) is 0 Å². The van der Waals surface area contributed by atoms with E-state index in [-0.39, 0.29) is 12.6 Å². The number of carbonyl (C=O) groups excluding carboxylic acids is 1. The SMILES string of the molecule is CN(C)c1nc2cc(NC(=O)NCC(O)c3ccsc3)ccc2o1. The molecule has 0 aliphatic carbocycles. The first-order valence-electron chi connectivity index (χ1n) is 7.36. The van der Waals surface area contributed by atoms with Gasteiger partial charge in [-0.2, -0.15) is 16.3 Å². The predicted molar refractivity (Wildman–Crippen MR) is 94.6 cm³/mol. The van der Waals surface area contributed by atoms with Crippen molar-refractivity contribution in [1.29, 1.82) is 0 Å². The number of aliphatic hydroxyl groups is 1. The summed E-state index contributed by atoms with van der Waals surface area (Å²) in [6.45, 7) is 0.138. The third-order valence-corrected chi connectivity index (χ3v) is 4.10. The van der Waals surface area contributed by atoms with E-state index in [9.17, 15) is 9.90 Å². The molecule has 0 aliphatic heterocycles. The van der Waals surface area contributed by atoms with Crippen LogP contribution in [0.2, 0.25) is 0 Å². The summed E-state index contributed by atoms with van der Waals surface area (Å²) >= 11 is 1.50. The quantitative estimate of drug-likeness (QED) is 0.661. The van der Waals surface area contributed by atoms with Crippen LogP contribution in [0.1, 0.15) is 11.7 Å². The van der Waals surface area contributed by atoms with Gasteiger partial charge in [0.1, 0.15) is 5.52 Å². The fourth-order valence-corrected chi connectivity index (χ4v) is 2.84. The van der Waals surface area contributed by atoms with Gasteiger partial charge in [-0.3, -0.25) is 0 Å². The van der Waals surface area contributed by atoms with Gasteiger partial charge in [0.2, 0.25) is 0 Å². The molecule has 2 amide bonds. The first kappa shape index (κ1) is 16.3. The van der Waals surface area contributed by atoms with Crippen molar-refractivity contribution in [2.24, 2.45) is 0 Å². The van der Waals surface area contributed by atoms with E-state index < -0.39 is 6.10 Å². The summed E-state index contributed by atoms with van der Waals surface area (Å²) in [5, 5.41) is 19.1. The van der Waals surface area contributed by atoms with Crippen molar-refractivity contribution in [3.8, 4) is 0 Å². The van der Waals surface area contributed by atoms with Gasteiger partial charge in [-0.15, -0.1) is 0 Å². The lowest BCUT2D eigenvalue weighted by Gasteiger charge is -2.11. The van der Waals surface area contributed by atoms with E-state index in [2.05, 4.69) is 15.6 Å². The molecule has 2 heterocycles. The zero-order valence-electron chi connectivity index (χ0n) is 13.3. The lowest BCUT2D eigenvalue weighted by atomic mass is 10.2. The molecule has 0 aliphatic rings. The van der Waals surface area contributed by atoms with E-state index >= 15 is 0 Å². The van der Waals surface area contributed by atoms with Crippen molar-refractivity contribution < 1.29 is 14.3 Å². The second kappa shape index (κ2) is 6.90. The number of urea groups is 1. The van der Waals surface area contributed by atoms with E-state index in [1.165, 1.54) is 11.3 Å². The number of carbonyl (C=O) groups is 1. The average molecular weight is 346 g/mol. The van der Waals surface area contributed by atoms with Crippen LogP contribution in [0.15, 0.2) is 39.4 Å². The maximum atomic E-state index is 12.0. The lowest BCUT2D eigenvalue weighted by Crippen LogP contribution is -2.32. The highest BCUT2D eigenvalue weighted by Crippen LogP contribution is 2.23. The number of aliphatic hydroxyl groups excluding tert-OH is 1. The van der Waals surface area contributed by atoms with Crippen molar-refractivity contribution in [1.82, 2.24) is 10.3 Å². The Morgan fingerprint density at radius 2 is 2.25 bits per heavy atom. The Morgan fingerprint density at radius 1 is 1.42 bits per heavy atom. The molecular weight excluding hydrogens is 328 g/mol. The smallest absolute Gasteiger partial charge is 0.319 e. The van der Waals surface area contributed by atoms with Crippen LogP contribution in [-0.4, -0.2) is 36.8 Å². The Labute approximate surface area is 142 Å². The first-order chi connectivity index (χ1) is 11.5. The molecule has 24 heavy (non-hydrogen) atoms. The Bertz CT molecular complexity index is 829. The Hall–Kier alpha value is -2.58. The Kier molecular flexibility index (Phi) is 4.68. The van der Waals surface area contributed by atoms with Gasteiger partial charge in [0.15, 0.2) is 5.58 Å². The maximum Gasteiger partial charge on any atom is 0.319 e. The van der Waals surface area contributed by atoms with Crippen LogP contribution in [0.5, 0.6) is 0 Å². The largest absolute Gasteiger partial charge is 0.423 e. The summed E-state index contributed by atoms with van der Waals surface area (Å²) in [6.07, 6.45) is -0.720. The predicted octanol–water partition coefficient (Wildman–Crippen LogP) is 2.81. The van der Waals surface area contributed by atoms with Crippen molar-refractivity contribution in [3.05, 3.63) is 40.6 Å². The number of hydrogen-bond acceptors (Lipinski definition) is 6. The molecule has 8 heteroatoms. The van der Waals surface area contributed by atoms with Gasteiger partial charge >= 0.3 is 6.03 Å². The van der Waals surface area contributed by atoms with E-state index in [0.29, 0.717) is 22.8 Å². The van der Waals surface area contributed by atoms with Crippen LogP contribution in [-0.2, 0) is 0 Å². The molecule has 3 N–H and O–H groups in total. The number of amides is 2. The molecule has 1 aromatic carbocycles. The third kappa shape index (κ3) is 3.66. The summed E-state index contributed by atoms with van der Waals surface area (Å²) in [5.74, 6) is 0. The summed E-state index contributed by atoms with van der Waals surface area (Å²) in [4.78, 5) is 18.1. The van der Waals surface area contributed by atoms with Crippen molar-refractivity contribution in [3.63, 3.8) is 0 Å². The van der Waals surface area contributed by atoms with E-state index in [4.69, 9.17) is 4.42 Å². The molecule has 0 saturated heterocycles. The van der Waals surface area contributed by atoms with Crippen molar-refractivity contribution in [2.75, 3.05) is 30.9 Å². The van der Waals surface area contributed by atoms with Gasteiger partial charge in [0.05, 0.1) is 6.10 Å². The van der Waals surface area contributed by atoms with E-state index in [1.807, 2.05) is 30.9 Å². The average Bonchev–Trinajstić information content (AvgIpc) is 3.21. The van der Waals surface area contributed by atoms with Gasteiger partial charge in [0.25, 0.3) is 6.01 Å². The van der Waals surface area contributed by atoms with Crippen LogP contribution in [0.3, 0.4) is 0 Å². The molecule has 3 aromatic rings. The second-order valence-electron chi connectivity index (χ2n) is 5.48. The molecule has 126 valence electrons. The van der Waals surface area contributed by atoms with Crippen molar-refractivity contribution in [2.45, 2.75) is 6.10 Å². The standard InChI is InChI=1S/C16H18N4O3S/c1-20(2)16-19-12-7-11(3-4-14(12)23-16)18-15(22)17-8-13(21)10-5-6-24-9-10/h3-7,9,13,21H,8H2,1-2H3,(H2,17,18,22). The van der Waals surface area contributed by atoms with Gasteiger partial charge in [-0.25, -0.2) is 4.79 Å². The topological polar surface area (TPSA) is 90.6 Å². The molecule has 3 rings (SSSR count). The zero-order chi connectivity index (χ0) is 17.1. The van der Waals surface area contributed by atoms with Gasteiger partial charge in [-0.1, -0.05) is 0 Å². The number of thiophene rings is 1. The summed E-state index contributed by atoms with van der Waals surface area (Å²) in [5.41, 5.74) is 2.71. The number of fused-ring (bicyclic) bond motifs is 1. The van der Waals surface area contributed by atoms with Crippen LogP contribution in [0.4, 0.5) is 16.5 Å². The first-order valence-corrected chi connectivity index (χ1v) is 8.30. The molecular formula is C16H18N4O3S. The van der Waals surface area contributed by atoms with Crippen LogP contribution >= 0.6 is 11.3 Å². The number of rotatable bonds is 5. The molecule has 0 spiro atoms. The maximum absolute atomic E-state index is 12.0. The minimum Gasteiger partial charge on any atom is -0.423 e. The van der Waals surface area contributed by atoms with Gasteiger partial charge in [-0.05, 0) is 40.6 Å². The molecule has 0 radical (unpaired) electrons. The minimum atomic E-state index is -0.720. The number of nitrogens with zero attached hydrogens (tertiary/aromatic N) is 2. The normalized spacial score (nSPS) is 12.1. The monoisotopic (exact) mass is 346 g/mol. The molecule has 1 atom stereocenters. The van der Waals surface area contributed by atoms with Crippen molar-refractivity contribution >= 4 is 40.2 Å². The Balaban J connectivity index is 1.60. The molecule has 0 bridgehead atoms. The second-order valence-corrected chi connectivity index (χ2v) is 6.26. The highest BCUT2D eigenvalue weighted by Gasteiger charge is 2.11. The van der Waals surface area contributed by atoms with E-state index in [0.717, 1.165) is 5.56 Å². The van der Waals surface area contributed by atoms with Gasteiger partial charge in [0, 0.05) is 26.3 Å². The molecule has 0 saturated carbocycles. The number of benzene rings is 1. The summed E-state index contributed by atoms with van der Waals surface area (Å²) in [7, 11) is 3.69. The fourth-order valence-electron chi connectivity index (χ4n) is 2.13. The van der Waals surface area contributed by atoms with E-state index in [1.54, 1.807) is 23.1 Å². The molecule has 7 nitrogen and oxygen atoms in total. The molecule has 2 aromatic heterocycles. The highest BCUT2D eigenvalue weighted by molar-refractivity contribution is 7.07. The molecule has 0 fully saturated rings. The van der Waals surface area contributed by atoms with Gasteiger partial charge < -0.3 is 25.1 Å². The lowest BCUT2D eigenvalue weighted by molar-refractivity contribution is 0.175. The van der Waals surface area contributed by atoms with Crippen LogP contribution < -0.4 is 15.5 Å². The highest BCUT2D eigenvalue weighted by atomic mass is 32.1. The number of oxazole rings is 1.